The molecule has 2 unspecified atom stereocenters. The molecule has 0 fully saturated rings. The number of carbonyl (C=O) groups is 3. The van der Waals surface area contributed by atoms with Crippen LogP contribution in [-0.2, 0) is 42.9 Å². The van der Waals surface area contributed by atoms with E-state index in [0.29, 0.717) is 36.9 Å². The Morgan fingerprint density at radius 1 is 0.833 bits per heavy atom. The minimum atomic E-state index is -3.56. The van der Waals surface area contributed by atoms with Crippen LogP contribution in [0.15, 0.2) is 12.2 Å². The van der Waals surface area contributed by atoms with Crippen LogP contribution in [0.5, 0.6) is 0 Å². The van der Waals surface area contributed by atoms with Crippen molar-refractivity contribution in [3.63, 3.8) is 0 Å². The molecule has 0 aliphatic heterocycles. The summed E-state index contributed by atoms with van der Waals surface area (Å²) in [5.74, 6) is 0.342. The molecule has 0 aliphatic carbocycles. The van der Waals surface area contributed by atoms with E-state index in [4.69, 9.17) is 44.1 Å². The highest BCUT2D eigenvalue weighted by molar-refractivity contribution is 7.86. The van der Waals surface area contributed by atoms with Crippen LogP contribution in [0.4, 0.5) is 0 Å². The Hall–Kier alpha value is -1.11. The number of allylic oxidation sites excluding steroid dienone is 1. The van der Waals surface area contributed by atoms with Gasteiger partial charge in [0.25, 0.3) is 10.1 Å². The summed E-state index contributed by atoms with van der Waals surface area (Å²) < 4.78 is 39.6. The van der Waals surface area contributed by atoms with Gasteiger partial charge in [-0.15, -0.1) is 34.8 Å². The summed E-state index contributed by atoms with van der Waals surface area (Å²) in [6, 6.07) is 0. The molecule has 0 saturated carbocycles. The first-order valence-corrected chi connectivity index (χ1v) is 14.4. The minimum Gasteiger partial charge on any atom is -0.469 e. The van der Waals surface area contributed by atoms with Crippen molar-refractivity contribution in [2.45, 2.75) is 63.6 Å². The third-order valence-electron chi connectivity index (χ3n) is 3.85. The van der Waals surface area contributed by atoms with Gasteiger partial charge in [-0.1, -0.05) is 6.08 Å². The Balaban J connectivity index is -0.000000466. The highest BCUT2D eigenvalue weighted by Crippen LogP contribution is 2.11. The molecule has 0 radical (unpaired) electrons. The number of carbonyl (C=O) groups excluding carboxylic acids is 3. The normalized spacial score (nSPS) is 12.3. The molecule has 10 nitrogen and oxygen atoms in total. The highest BCUT2D eigenvalue weighted by atomic mass is 35.5. The summed E-state index contributed by atoms with van der Waals surface area (Å²) in [6.45, 7) is 0. The molecule has 2 atom stereocenters. The summed E-state index contributed by atoms with van der Waals surface area (Å²) in [5.41, 5.74) is 0. The highest BCUT2D eigenvalue weighted by Gasteiger charge is 2.19. The largest absolute Gasteiger partial charge is 0.469 e. The van der Waals surface area contributed by atoms with E-state index in [1.165, 1.54) is 27.4 Å². The van der Waals surface area contributed by atoms with E-state index in [0.717, 1.165) is 25.5 Å². The Morgan fingerprint density at radius 3 is 1.78 bits per heavy atom. The van der Waals surface area contributed by atoms with E-state index in [9.17, 15) is 22.8 Å². The predicted octanol–water partition coefficient (Wildman–Crippen LogP) is 3.58. The fourth-order valence-electron chi connectivity index (χ4n) is 2.14. The van der Waals surface area contributed by atoms with E-state index in [1.807, 2.05) is 0 Å². The number of rotatable bonds is 16. The fraction of sp³-hybridized carbons (Fsp3) is 0.773. The Bertz CT molecular complexity index is 702. The van der Waals surface area contributed by atoms with E-state index in [-0.39, 0.29) is 24.8 Å². The van der Waals surface area contributed by atoms with Crippen LogP contribution >= 0.6 is 34.8 Å². The molecule has 0 saturated heterocycles. The first-order chi connectivity index (χ1) is 16.9. The molecular formula is C22H39Cl3O10S. The molecular weight excluding hydrogens is 563 g/mol. The van der Waals surface area contributed by atoms with Gasteiger partial charge in [-0.25, -0.2) is 4.79 Å². The number of hydrogen-bond acceptors (Lipinski definition) is 10. The SMILES string of the molecule is COC(=O)/C=C/CCCCl.COC(=O)CC(CCCCl)OS(C)(=O)=O.COC(=O)CC(O)CCCCl. The Morgan fingerprint density at radius 2 is 1.33 bits per heavy atom. The van der Waals surface area contributed by atoms with E-state index >= 15 is 0 Å². The average molecular weight is 602 g/mol. The van der Waals surface area contributed by atoms with Gasteiger partial charge in [-0.2, -0.15) is 8.42 Å². The van der Waals surface area contributed by atoms with Gasteiger partial charge in [0, 0.05) is 23.7 Å². The van der Waals surface area contributed by atoms with Crippen LogP contribution in [0.3, 0.4) is 0 Å². The summed E-state index contributed by atoms with van der Waals surface area (Å²) in [5, 5.41) is 9.12. The molecule has 14 heteroatoms. The van der Waals surface area contributed by atoms with E-state index in [1.54, 1.807) is 6.08 Å². The maximum Gasteiger partial charge on any atom is 0.330 e. The lowest BCUT2D eigenvalue weighted by molar-refractivity contribution is -0.143. The molecule has 0 aromatic heterocycles. The number of esters is 3. The summed E-state index contributed by atoms with van der Waals surface area (Å²) >= 11 is 16.3. The lowest BCUT2D eigenvalue weighted by atomic mass is 10.1. The number of methoxy groups -OCH3 is 3. The average Bonchev–Trinajstić information content (AvgIpc) is 2.83. The number of unbranched alkanes of at least 4 members (excludes halogenated alkanes) is 1. The molecule has 0 rings (SSSR count). The van der Waals surface area contributed by atoms with Crippen LogP contribution in [0, 0.1) is 0 Å². The maximum absolute atomic E-state index is 10.9. The van der Waals surface area contributed by atoms with Crippen molar-refractivity contribution in [3.05, 3.63) is 12.2 Å². The second-order valence-electron chi connectivity index (χ2n) is 7.06. The topological polar surface area (TPSA) is 142 Å². The molecule has 36 heavy (non-hydrogen) atoms. The zero-order chi connectivity index (χ0) is 28.4. The lowest BCUT2D eigenvalue weighted by Gasteiger charge is -2.14. The van der Waals surface area contributed by atoms with E-state index in [2.05, 4.69) is 14.2 Å². The molecule has 0 aromatic carbocycles. The second-order valence-corrected chi connectivity index (χ2v) is 9.79. The molecule has 0 spiro atoms. The summed E-state index contributed by atoms with van der Waals surface area (Å²) in [4.78, 5) is 31.9. The van der Waals surface area contributed by atoms with Gasteiger partial charge in [0.15, 0.2) is 0 Å². The molecule has 214 valence electrons. The molecule has 0 aromatic rings. The number of halogens is 3. The molecule has 0 aliphatic rings. The van der Waals surface area contributed by atoms with Crippen LogP contribution in [0.2, 0.25) is 0 Å². The standard InChI is InChI=1S/C8H15ClO5S.C7H13ClO3.C7H11ClO2/c1-13-8(10)6-7(4-3-5-9)14-15(2,11)12;1-11-7(10)5-6(9)3-2-4-8;1-10-7(9)5-3-2-4-6-8/h7H,3-6H2,1-2H3;6,9H,2-5H2,1H3;3,5H,2,4,6H2,1H3/b;;5-3+. The zero-order valence-corrected chi connectivity index (χ0v) is 24.3. The van der Waals surface area contributed by atoms with Gasteiger partial charge in [-0.3, -0.25) is 13.8 Å². The van der Waals surface area contributed by atoms with Crippen molar-refractivity contribution >= 4 is 62.8 Å². The first-order valence-electron chi connectivity index (χ1n) is 11.0. The number of alkyl halides is 3. The molecule has 0 heterocycles. The first kappa shape index (κ1) is 39.4. The zero-order valence-electron chi connectivity index (χ0n) is 21.3. The third-order valence-corrected chi connectivity index (χ3v) is 5.28. The smallest absolute Gasteiger partial charge is 0.330 e. The Kier molecular flexibility index (Phi) is 29.5. The number of ether oxygens (including phenoxy) is 3. The summed E-state index contributed by atoms with van der Waals surface area (Å²) in [6.07, 6.45) is 6.79. The van der Waals surface area contributed by atoms with Gasteiger partial charge < -0.3 is 19.3 Å². The van der Waals surface area contributed by atoms with E-state index < -0.39 is 28.3 Å². The number of hydrogen-bond donors (Lipinski definition) is 1. The summed E-state index contributed by atoms with van der Waals surface area (Å²) in [7, 11) is 0.337. The lowest BCUT2D eigenvalue weighted by Crippen LogP contribution is -2.22. The van der Waals surface area contributed by atoms with Gasteiger partial charge in [0.2, 0.25) is 0 Å². The van der Waals surface area contributed by atoms with Crippen LogP contribution in [0.1, 0.15) is 51.4 Å². The third kappa shape index (κ3) is 32.9. The van der Waals surface area contributed by atoms with Crippen LogP contribution in [0.25, 0.3) is 0 Å². The second kappa shape index (κ2) is 26.9. The number of aliphatic hydroxyl groups is 1. The van der Waals surface area contributed by atoms with Crippen LogP contribution < -0.4 is 0 Å². The maximum atomic E-state index is 10.9. The van der Waals surface area contributed by atoms with Crippen molar-refractivity contribution in [3.8, 4) is 0 Å². The van der Waals surface area contributed by atoms with Gasteiger partial charge in [0.05, 0.1) is 52.6 Å². The van der Waals surface area contributed by atoms with Crippen molar-refractivity contribution in [1.82, 2.24) is 0 Å². The van der Waals surface area contributed by atoms with Crippen molar-refractivity contribution < 1.29 is 46.3 Å². The Labute approximate surface area is 229 Å². The molecule has 1 N–H and O–H groups in total. The minimum absolute atomic E-state index is 0.0629. The van der Waals surface area contributed by atoms with Crippen molar-refractivity contribution in [1.29, 1.82) is 0 Å². The van der Waals surface area contributed by atoms with Gasteiger partial charge in [-0.05, 0) is 38.5 Å². The fourth-order valence-corrected chi connectivity index (χ4v) is 3.26. The predicted molar refractivity (Wildman–Crippen MR) is 140 cm³/mol. The van der Waals surface area contributed by atoms with Crippen LogP contribution in [-0.4, -0.2) is 88.9 Å². The molecule has 0 amide bonds. The van der Waals surface area contributed by atoms with Gasteiger partial charge >= 0.3 is 17.9 Å². The molecule has 0 bridgehead atoms. The van der Waals surface area contributed by atoms with Crippen molar-refractivity contribution in [2.24, 2.45) is 0 Å². The monoisotopic (exact) mass is 600 g/mol. The quantitative estimate of drug-likeness (QED) is 0.0696. The van der Waals surface area contributed by atoms with Crippen molar-refractivity contribution in [2.75, 3.05) is 45.2 Å². The number of aliphatic hydroxyl groups excluding tert-OH is 1. The van der Waals surface area contributed by atoms with Gasteiger partial charge in [0.1, 0.15) is 0 Å².